The number of hydrogen-bond donors (Lipinski definition) is 0. The summed E-state index contributed by atoms with van der Waals surface area (Å²) in [5.74, 6) is -0.103. The largest absolute Gasteiger partial charge is 0.469 e. The first-order valence-electron chi connectivity index (χ1n) is 9.26. The highest BCUT2D eigenvalue weighted by atomic mass is 16.5. The summed E-state index contributed by atoms with van der Waals surface area (Å²) in [4.78, 5) is 13.8. The van der Waals surface area contributed by atoms with Crippen molar-refractivity contribution < 1.29 is 9.53 Å². The predicted octanol–water partition coefficient (Wildman–Crippen LogP) is 4.91. The number of carbonyl (C=O) groups is 1. The molecule has 0 amide bonds. The SMILES string of the molecule is COC(=O)CCCCC[C@H]1c2ccccc2CCN1c1ccccc1. The first kappa shape index (κ1) is 17.5. The smallest absolute Gasteiger partial charge is 0.305 e. The number of benzene rings is 2. The highest BCUT2D eigenvalue weighted by Crippen LogP contribution is 2.36. The van der Waals surface area contributed by atoms with Crippen LogP contribution in [0.5, 0.6) is 0 Å². The van der Waals surface area contributed by atoms with Crippen LogP contribution in [0.4, 0.5) is 5.69 Å². The molecule has 0 unspecified atom stereocenters. The van der Waals surface area contributed by atoms with Crippen LogP contribution >= 0.6 is 0 Å². The van der Waals surface area contributed by atoms with E-state index in [0.29, 0.717) is 12.5 Å². The molecule has 0 saturated carbocycles. The molecule has 3 rings (SSSR count). The van der Waals surface area contributed by atoms with Crippen molar-refractivity contribution >= 4 is 11.7 Å². The summed E-state index contributed by atoms with van der Waals surface area (Å²) in [6.45, 7) is 1.06. The number of methoxy groups -OCH3 is 1. The number of ether oxygens (including phenoxy) is 1. The van der Waals surface area contributed by atoms with E-state index >= 15 is 0 Å². The van der Waals surface area contributed by atoms with Crippen LogP contribution in [0.15, 0.2) is 54.6 Å². The van der Waals surface area contributed by atoms with Gasteiger partial charge >= 0.3 is 5.97 Å². The molecule has 0 aliphatic carbocycles. The highest BCUT2D eigenvalue weighted by molar-refractivity contribution is 5.68. The van der Waals surface area contributed by atoms with E-state index < -0.39 is 0 Å². The van der Waals surface area contributed by atoms with E-state index in [-0.39, 0.29) is 5.97 Å². The minimum atomic E-state index is -0.103. The predicted molar refractivity (Wildman–Crippen MR) is 102 cm³/mol. The third-order valence-corrected chi connectivity index (χ3v) is 5.09. The molecule has 1 aliphatic rings. The zero-order chi connectivity index (χ0) is 17.5. The Bertz CT molecular complexity index is 683. The van der Waals surface area contributed by atoms with Gasteiger partial charge in [0.1, 0.15) is 0 Å². The van der Waals surface area contributed by atoms with Gasteiger partial charge in [0.25, 0.3) is 0 Å². The Morgan fingerprint density at radius 1 is 1.04 bits per heavy atom. The van der Waals surface area contributed by atoms with E-state index in [2.05, 4.69) is 59.5 Å². The number of hydrogen-bond acceptors (Lipinski definition) is 3. The Labute approximate surface area is 150 Å². The van der Waals surface area contributed by atoms with Crippen LogP contribution < -0.4 is 4.90 Å². The zero-order valence-corrected chi connectivity index (χ0v) is 15.0. The minimum absolute atomic E-state index is 0.103. The molecule has 2 aromatic rings. The van der Waals surface area contributed by atoms with Gasteiger partial charge in [0, 0.05) is 18.7 Å². The number of para-hydroxylation sites is 1. The molecule has 0 N–H and O–H groups in total. The van der Waals surface area contributed by atoms with E-state index in [1.807, 2.05) is 0 Å². The van der Waals surface area contributed by atoms with Gasteiger partial charge in [0.2, 0.25) is 0 Å². The van der Waals surface area contributed by atoms with Crippen molar-refractivity contribution in [1.29, 1.82) is 0 Å². The molecule has 0 radical (unpaired) electrons. The Hall–Kier alpha value is -2.29. The molecule has 3 nitrogen and oxygen atoms in total. The van der Waals surface area contributed by atoms with Gasteiger partial charge in [-0.3, -0.25) is 4.79 Å². The fourth-order valence-corrected chi connectivity index (χ4v) is 3.78. The lowest BCUT2D eigenvalue weighted by Gasteiger charge is -2.39. The topological polar surface area (TPSA) is 29.5 Å². The average Bonchev–Trinajstić information content (AvgIpc) is 2.68. The Kier molecular flexibility index (Phi) is 6.10. The van der Waals surface area contributed by atoms with Crippen LogP contribution in [0.2, 0.25) is 0 Å². The van der Waals surface area contributed by atoms with Crippen molar-refractivity contribution in [2.24, 2.45) is 0 Å². The molecule has 25 heavy (non-hydrogen) atoms. The third kappa shape index (κ3) is 4.41. The van der Waals surface area contributed by atoms with Crippen molar-refractivity contribution in [3.05, 3.63) is 65.7 Å². The van der Waals surface area contributed by atoms with Gasteiger partial charge in [0.05, 0.1) is 13.2 Å². The fraction of sp³-hybridized carbons (Fsp3) is 0.409. The number of fused-ring (bicyclic) bond motifs is 1. The van der Waals surface area contributed by atoms with Gasteiger partial charge in [-0.05, 0) is 42.5 Å². The van der Waals surface area contributed by atoms with E-state index in [4.69, 9.17) is 4.74 Å². The number of unbranched alkanes of at least 4 members (excludes halogenated alkanes) is 2. The van der Waals surface area contributed by atoms with Crippen LogP contribution in [0.1, 0.15) is 49.3 Å². The molecule has 1 heterocycles. The molecule has 132 valence electrons. The molecule has 3 heteroatoms. The van der Waals surface area contributed by atoms with E-state index in [0.717, 1.165) is 38.6 Å². The second-order valence-corrected chi connectivity index (χ2v) is 6.67. The Morgan fingerprint density at radius 3 is 2.60 bits per heavy atom. The standard InChI is InChI=1S/C22H27NO2/c1-25-22(24)15-7-3-6-14-21-20-13-9-8-10-18(20)16-17-23(21)19-11-4-2-5-12-19/h2,4-5,8-13,21H,3,6-7,14-17H2,1H3/t21-/m0/s1. The van der Waals surface area contributed by atoms with Gasteiger partial charge in [-0.1, -0.05) is 55.3 Å². The maximum atomic E-state index is 11.2. The summed E-state index contributed by atoms with van der Waals surface area (Å²) >= 11 is 0. The summed E-state index contributed by atoms with van der Waals surface area (Å²) in [6, 6.07) is 20.0. The zero-order valence-electron chi connectivity index (χ0n) is 15.0. The van der Waals surface area contributed by atoms with Crippen LogP contribution in [-0.4, -0.2) is 19.6 Å². The lowest BCUT2D eigenvalue weighted by molar-refractivity contribution is -0.140. The van der Waals surface area contributed by atoms with Crippen LogP contribution in [0.3, 0.4) is 0 Å². The summed E-state index contributed by atoms with van der Waals surface area (Å²) in [6.07, 6.45) is 5.85. The van der Waals surface area contributed by atoms with Crippen LogP contribution in [0.25, 0.3) is 0 Å². The fourth-order valence-electron chi connectivity index (χ4n) is 3.78. The number of carbonyl (C=O) groups excluding carboxylic acids is 1. The minimum Gasteiger partial charge on any atom is -0.469 e. The van der Waals surface area contributed by atoms with Gasteiger partial charge in [-0.2, -0.15) is 0 Å². The molecule has 0 bridgehead atoms. The molecular weight excluding hydrogens is 310 g/mol. The number of nitrogens with zero attached hydrogens (tertiary/aromatic N) is 1. The van der Waals surface area contributed by atoms with Crippen molar-refractivity contribution in [1.82, 2.24) is 0 Å². The molecule has 0 saturated heterocycles. The molecule has 0 spiro atoms. The maximum Gasteiger partial charge on any atom is 0.305 e. The van der Waals surface area contributed by atoms with Gasteiger partial charge in [0.15, 0.2) is 0 Å². The molecule has 2 aromatic carbocycles. The summed E-state index contributed by atoms with van der Waals surface area (Å²) in [5.41, 5.74) is 4.25. The summed E-state index contributed by atoms with van der Waals surface area (Å²) < 4.78 is 4.72. The molecule has 0 fully saturated rings. The van der Waals surface area contributed by atoms with Gasteiger partial charge < -0.3 is 9.64 Å². The van der Waals surface area contributed by atoms with Gasteiger partial charge in [-0.15, -0.1) is 0 Å². The van der Waals surface area contributed by atoms with Crippen molar-refractivity contribution in [3.8, 4) is 0 Å². The molecular formula is C22H27NO2. The maximum absolute atomic E-state index is 11.2. The second kappa shape index (κ2) is 8.70. The summed E-state index contributed by atoms with van der Waals surface area (Å²) in [7, 11) is 1.46. The van der Waals surface area contributed by atoms with Gasteiger partial charge in [-0.25, -0.2) is 0 Å². The Morgan fingerprint density at radius 2 is 1.80 bits per heavy atom. The number of rotatable bonds is 7. The highest BCUT2D eigenvalue weighted by Gasteiger charge is 2.26. The van der Waals surface area contributed by atoms with E-state index in [1.54, 1.807) is 0 Å². The van der Waals surface area contributed by atoms with E-state index in [1.165, 1.54) is 23.9 Å². The lowest BCUT2D eigenvalue weighted by Crippen LogP contribution is -2.35. The quantitative estimate of drug-likeness (QED) is 0.531. The van der Waals surface area contributed by atoms with Crippen LogP contribution in [-0.2, 0) is 16.0 Å². The molecule has 1 atom stereocenters. The monoisotopic (exact) mass is 337 g/mol. The van der Waals surface area contributed by atoms with Crippen molar-refractivity contribution in [2.75, 3.05) is 18.6 Å². The molecule has 1 aliphatic heterocycles. The van der Waals surface area contributed by atoms with E-state index in [9.17, 15) is 4.79 Å². The number of anilines is 1. The number of esters is 1. The molecule has 0 aromatic heterocycles. The average molecular weight is 337 g/mol. The first-order chi connectivity index (χ1) is 12.3. The second-order valence-electron chi connectivity index (χ2n) is 6.67. The third-order valence-electron chi connectivity index (χ3n) is 5.09. The Balaban J connectivity index is 1.68. The lowest BCUT2D eigenvalue weighted by atomic mass is 9.89. The first-order valence-corrected chi connectivity index (χ1v) is 9.26. The van der Waals surface area contributed by atoms with Crippen LogP contribution in [0, 0.1) is 0 Å². The summed E-state index contributed by atoms with van der Waals surface area (Å²) in [5, 5.41) is 0. The van der Waals surface area contributed by atoms with Crippen molar-refractivity contribution in [2.45, 2.75) is 44.6 Å². The van der Waals surface area contributed by atoms with Crippen molar-refractivity contribution in [3.63, 3.8) is 0 Å². The normalized spacial score (nSPS) is 16.4.